The van der Waals surface area contributed by atoms with Crippen molar-refractivity contribution in [1.29, 1.82) is 5.26 Å². The molecule has 10 heteroatoms. The lowest BCUT2D eigenvalue weighted by Crippen LogP contribution is -2.51. The van der Waals surface area contributed by atoms with Crippen LogP contribution in [0.4, 0.5) is 10.5 Å². The summed E-state index contributed by atoms with van der Waals surface area (Å²) in [5.74, 6) is 0. The van der Waals surface area contributed by atoms with Crippen LogP contribution in [0.5, 0.6) is 0 Å². The lowest BCUT2D eigenvalue weighted by Gasteiger charge is -2.24. The maximum Gasteiger partial charge on any atom is 0.343 e. The van der Waals surface area contributed by atoms with Gasteiger partial charge in [0.05, 0.1) is 28.7 Å². The molecule has 0 aliphatic heterocycles. The summed E-state index contributed by atoms with van der Waals surface area (Å²) in [4.78, 5) is 15.8. The first-order valence-corrected chi connectivity index (χ1v) is 8.17. The van der Waals surface area contributed by atoms with Crippen LogP contribution in [0.2, 0.25) is 0 Å². The van der Waals surface area contributed by atoms with Crippen LogP contribution >= 0.6 is 25.0 Å². The smallest absolute Gasteiger partial charge is 0.283 e. The number of anilines is 1. The highest BCUT2D eigenvalue weighted by Gasteiger charge is 2.15. The van der Waals surface area contributed by atoms with Crippen molar-refractivity contribution in [2.24, 2.45) is 5.10 Å². The minimum absolute atomic E-state index is 0.113. The molecule has 8 nitrogen and oxygen atoms in total. The predicted octanol–water partition coefficient (Wildman–Crippen LogP) is 2.12. The van der Waals surface area contributed by atoms with Crippen LogP contribution in [-0.4, -0.2) is 21.8 Å². The van der Waals surface area contributed by atoms with E-state index in [0.29, 0.717) is 22.7 Å². The maximum atomic E-state index is 11.7. The minimum atomic E-state index is -0.590. The molecule has 0 radical (unpaired) electrons. The van der Waals surface area contributed by atoms with Gasteiger partial charge in [-0.2, -0.15) is 10.4 Å². The molecule has 1 heterocycles. The SMILES string of the molecule is CC(=NNC(=S)N(NC(=O)NS)c1ccc(C#N)cc1)c1ccccn1. The van der Waals surface area contributed by atoms with Crippen LogP contribution in [-0.2, 0) is 0 Å². The van der Waals surface area contributed by atoms with Crippen molar-refractivity contribution in [2.75, 3.05) is 5.01 Å². The number of urea groups is 1. The van der Waals surface area contributed by atoms with Crippen molar-refractivity contribution in [3.63, 3.8) is 0 Å². The number of amides is 2. The Morgan fingerprint density at radius 1 is 1.31 bits per heavy atom. The van der Waals surface area contributed by atoms with Crippen LogP contribution in [0, 0.1) is 11.3 Å². The number of thiol groups is 1. The Morgan fingerprint density at radius 2 is 2.04 bits per heavy atom. The molecule has 1 aromatic heterocycles. The van der Waals surface area contributed by atoms with Crippen LogP contribution in [0.1, 0.15) is 18.2 Å². The molecule has 132 valence electrons. The summed E-state index contributed by atoms with van der Waals surface area (Å²) in [6.07, 6.45) is 1.66. The zero-order valence-electron chi connectivity index (χ0n) is 13.7. The number of hydrogen-bond acceptors (Lipinski definition) is 6. The second-order valence-corrected chi connectivity index (χ2v) is 5.49. The van der Waals surface area contributed by atoms with E-state index >= 15 is 0 Å². The number of hydrazine groups is 1. The number of rotatable bonds is 3. The second-order valence-electron chi connectivity index (χ2n) is 4.88. The van der Waals surface area contributed by atoms with Gasteiger partial charge in [0.1, 0.15) is 0 Å². The monoisotopic (exact) mass is 385 g/mol. The van der Waals surface area contributed by atoms with E-state index in [9.17, 15) is 4.79 Å². The summed E-state index contributed by atoms with van der Waals surface area (Å²) in [6, 6.07) is 13.4. The molecular formula is C16H15N7OS2. The van der Waals surface area contributed by atoms with Gasteiger partial charge in [0.15, 0.2) is 0 Å². The van der Waals surface area contributed by atoms with Gasteiger partial charge in [-0.25, -0.2) is 15.2 Å². The third-order valence-electron chi connectivity index (χ3n) is 3.13. The van der Waals surface area contributed by atoms with Crippen LogP contribution in [0.3, 0.4) is 0 Å². The maximum absolute atomic E-state index is 11.7. The van der Waals surface area contributed by atoms with E-state index in [1.165, 1.54) is 5.01 Å². The van der Waals surface area contributed by atoms with Gasteiger partial charge in [0, 0.05) is 6.20 Å². The third-order valence-corrected chi connectivity index (χ3v) is 3.60. The molecule has 0 aliphatic carbocycles. The minimum Gasteiger partial charge on any atom is -0.283 e. The number of carbonyl (C=O) groups excluding carboxylic acids is 1. The van der Waals surface area contributed by atoms with E-state index in [1.54, 1.807) is 37.4 Å². The van der Waals surface area contributed by atoms with Crippen LogP contribution < -0.4 is 20.6 Å². The van der Waals surface area contributed by atoms with Gasteiger partial charge < -0.3 is 0 Å². The van der Waals surface area contributed by atoms with E-state index in [4.69, 9.17) is 17.5 Å². The first-order valence-electron chi connectivity index (χ1n) is 7.32. The first-order chi connectivity index (χ1) is 12.5. The average molecular weight is 385 g/mol. The van der Waals surface area contributed by atoms with Gasteiger partial charge in [0.25, 0.3) is 0 Å². The van der Waals surface area contributed by atoms with Crippen molar-refractivity contribution in [3.8, 4) is 6.07 Å². The van der Waals surface area contributed by atoms with E-state index in [-0.39, 0.29) is 5.11 Å². The Balaban J connectivity index is 2.19. The average Bonchev–Trinajstić information content (AvgIpc) is 2.70. The topological polar surface area (TPSA) is 105 Å². The van der Waals surface area contributed by atoms with Crippen LogP contribution in [0.15, 0.2) is 53.8 Å². The second kappa shape index (κ2) is 9.36. The molecule has 0 atom stereocenters. The number of pyridine rings is 1. The molecule has 26 heavy (non-hydrogen) atoms. The summed E-state index contributed by atoms with van der Waals surface area (Å²) in [5.41, 5.74) is 7.55. The Kier molecular flexibility index (Phi) is 6.90. The number of nitrogens with one attached hydrogen (secondary N) is 3. The normalized spacial score (nSPS) is 10.4. The highest BCUT2D eigenvalue weighted by Crippen LogP contribution is 2.14. The third kappa shape index (κ3) is 5.17. The van der Waals surface area contributed by atoms with Gasteiger partial charge in [-0.1, -0.05) is 18.9 Å². The molecule has 2 amide bonds. The largest absolute Gasteiger partial charge is 0.343 e. The number of carbonyl (C=O) groups is 1. The van der Waals surface area contributed by atoms with Crippen molar-refractivity contribution in [2.45, 2.75) is 6.92 Å². The summed E-state index contributed by atoms with van der Waals surface area (Å²) in [5, 5.41) is 14.5. The van der Waals surface area contributed by atoms with E-state index in [1.807, 2.05) is 24.3 Å². The van der Waals surface area contributed by atoms with Gasteiger partial charge in [0.2, 0.25) is 5.11 Å². The van der Waals surface area contributed by atoms with Crippen molar-refractivity contribution >= 4 is 47.6 Å². The fraction of sp³-hybridized carbons (Fsp3) is 0.0625. The van der Waals surface area contributed by atoms with Gasteiger partial charge in [-0.3, -0.25) is 15.1 Å². The highest BCUT2D eigenvalue weighted by atomic mass is 32.1. The first kappa shape index (κ1) is 19.2. The molecule has 2 rings (SSSR count). The Hall–Kier alpha value is -3.16. The number of thiocarbonyl (C=S) groups is 1. The number of nitriles is 1. The summed E-state index contributed by atoms with van der Waals surface area (Å²) in [7, 11) is 0. The van der Waals surface area contributed by atoms with Crippen molar-refractivity contribution < 1.29 is 4.79 Å². The molecule has 0 bridgehead atoms. The van der Waals surface area contributed by atoms with Gasteiger partial charge in [-0.05, 0) is 55.5 Å². The van der Waals surface area contributed by atoms with Crippen LogP contribution in [0.25, 0.3) is 0 Å². The number of aromatic nitrogens is 1. The number of hydrazone groups is 1. The number of benzene rings is 1. The zero-order valence-corrected chi connectivity index (χ0v) is 15.4. The summed E-state index contributed by atoms with van der Waals surface area (Å²) >= 11 is 9.01. The zero-order chi connectivity index (χ0) is 18.9. The highest BCUT2D eigenvalue weighted by molar-refractivity contribution is 7.80. The molecule has 0 fully saturated rings. The number of hydrogen-bond donors (Lipinski definition) is 4. The lowest BCUT2D eigenvalue weighted by molar-refractivity contribution is 0.247. The Labute approximate surface area is 161 Å². The molecule has 3 N–H and O–H groups in total. The van der Waals surface area contributed by atoms with E-state index < -0.39 is 6.03 Å². The summed E-state index contributed by atoms with van der Waals surface area (Å²) < 4.78 is 2.15. The van der Waals surface area contributed by atoms with Gasteiger partial charge >= 0.3 is 6.03 Å². The Morgan fingerprint density at radius 3 is 2.62 bits per heavy atom. The quantitative estimate of drug-likeness (QED) is 0.279. The van der Waals surface area contributed by atoms with E-state index in [2.05, 4.69) is 38.5 Å². The Bertz CT molecular complexity index is 847. The fourth-order valence-electron chi connectivity index (χ4n) is 1.86. The molecule has 2 aromatic rings. The molecule has 0 saturated carbocycles. The van der Waals surface area contributed by atoms with Crippen molar-refractivity contribution in [3.05, 3.63) is 59.9 Å². The van der Waals surface area contributed by atoms with E-state index in [0.717, 1.165) is 0 Å². The molecule has 0 saturated heterocycles. The standard InChI is InChI=1S/C16H15N7OS2/c1-11(14-4-2-3-9-18-14)19-20-16(25)23(21-15(24)22-26)13-7-5-12(10-17)6-8-13/h2-9,26H,1H3,(H,20,25)(H2,21,22,24). The fourth-order valence-corrected chi connectivity index (χ4v) is 2.11. The molecule has 0 unspecified atom stereocenters. The molecule has 1 aromatic carbocycles. The van der Waals surface area contributed by atoms with Gasteiger partial charge in [-0.15, -0.1) is 0 Å². The number of nitrogens with zero attached hydrogens (tertiary/aromatic N) is 4. The summed E-state index contributed by atoms with van der Waals surface area (Å²) in [6.45, 7) is 1.78. The van der Waals surface area contributed by atoms with Crippen molar-refractivity contribution in [1.82, 2.24) is 20.6 Å². The molecule has 0 spiro atoms. The molecular weight excluding hydrogens is 370 g/mol. The predicted molar refractivity (Wildman–Crippen MR) is 106 cm³/mol. The lowest BCUT2D eigenvalue weighted by atomic mass is 10.2. The molecule has 0 aliphatic rings.